The number of hydrogen-bond donors (Lipinski definition) is 2. The molecule has 2 N–H and O–H groups in total. The number of ether oxygens (including phenoxy) is 2. The zero-order valence-corrected chi connectivity index (χ0v) is 16.7. The van der Waals surface area contributed by atoms with E-state index in [1.807, 2.05) is 0 Å². The lowest BCUT2D eigenvalue weighted by molar-refractivity contribution is -0.118. The van der Waals surface area contributed by atoms with Gasteiger partial charge in [-0.25, -0.2) is 4.39 Å². The highest BCUT2D eigenvalue weighted by atomic mass is 35.5. The van der Waals surface area contributed by atoms with Crippen molar-refractivity contribution < 1.29 is 23.5 Å². The number of anilines is 2. The number of amides is 2. The first-order valence-corrected chi connectivity index (χ1v) is 9.26. The fraction of sp³-hybridized carbons (Fsp3) is 0.0909. The van der Waals surface area contributed by atoms with Crippen molar-refractivity contribution in [2.24, 2.45) is 0 Å². The molecule has 2 amide bonds. The number of methoxy groups -OCH3 is 1. The van der Waals surface area contributed by atoms with Gasteiger partial charge in [0.2, 0.25) is 0 Å². The van der Waals surface area contributed by atoms with Crippen LogP contribution < -0.4 is 20.1 Å². The van der Waals surface area contributed by atoms with Gasteiger partial charge in [-0.2, -0.15) is 0 Å². The summed E-state index contributed by atoms with van der Waals surface area (Å²) in [4.78, 5) is 24.6. The summed E-state index contributed by atoms with van der Waals surface area (Å²) in [6.07, 6.45) is 0. The maximum atomic E-state index is 13.2. The minimum Gasteiger partial charge on any atom is -0.493 e. The molecular weight excluding hydrogens is 411 g/mol. The highest BCUT2D eigenvalue weighted by Crippen LogP contribution is 2.25. The van der Waals surface area contributed by atoms with Crippen molar-refractivity contribution in [3.05, 3.63) is 83.1 Å². The SMILES string of the molecule is COc1ccccc1OCC(=O)Nc1cccc(C(=O)Nc2ccc(F)c(Cl)c2)c1. The summed E-state index contributed by atoms with van der Waals surface area (Å²) in [7, 11) is 1.51. The lowest BCUT2D eigenvalue weighted by Gasteiger charge is -2.11. The van der Waals surface area contributed by atoms with Gasteiger partial charge in [0, 0.05) is 16.9 Å². The van der Waals surface area contributed by atoms with Gasteiger partial charge < -0.3 is 20.1 Å². The van der Waals surface area contributed by atoms with E-state index in [9.17, 15) is 14.0 Å². The van der Waals surface area contributed by atoms with Gasteiger partial charge in [0.1, 0.15) is 5.82 Å². The van der Waals surface area contributed by atoms with Crippen LogP contribution in [0.2, 0.25) is 5.02 Å². The standard InChI is InChI=1S/C22H18ClFN2O4/c1-29-19-7-2-3-8-20(19)30-13-21(27)25-15-6-4-5-14(11-15)22(28)26-16-9-10-18(24)17(23)12-16/h2-12H,13H2,1H3,(H,25,27)(H,26,28). The first kappa shape index (κ1) is 21.1. The number of para-hydroxylation sites is 2. The van der Waals surface area contributed by atoms with E-state index in [4.69, 9.17) is 21.1 Å². The summed E-state index contributed by atoms with van der Waals surface area (Å²) in [5, 5.41) is 5.20. The Bertz CT molecular complexity index is 1070. The van der Waals surface area contributed by atoms with E-state index in [2.05, 4.69) is 10.6 Å². The quantitative estimate of drug-likeness (QED) is 0.569. The molecule has 0 spiro atoms. The fourth-order valence-corrected chi connectivity index (χ4v) is 2.77. The fourth-order valence-electron chi connectivity index (χ4n) is 2.59. The van der Waals surface area contributed by atoms with Gasteiger partial charge in [-0.1, -0.05) is 29.8 Å². The Labute approximate surface area is 177 Å². The summed E-state index contributed by atoms with van der Waals surface area (Å²) in [5.41, 5.74) is 1.08. The van der Waals surface area contributed by atoms with Crippen LogP contribution in [0.1, 0.15) is 10.4 Å². The molecule has 0 unspecified atom stereocenters. The van der Waals surface area contributed by atoms with Crippen molar-refractivity contribution in [2.45, 2.75) is 0 Å². The molecule has 0 aliphatic heterocycles. The van der Waals surface area contributed by atoms with E-state index >= 15 is 0 Å². The number of carbonyl (C=O) groups is 2. The zero-order valence-electron chi connectivity index (χ0n) is 15.9. The number of hydrogen-bond acceptors (Lipinski definition) is 4. The summed E-state index contributed by atoms with van der Waals surface area (Å²) in [6, 6.07) is 17.2. The topological polar surface area (TPSA) is 76.7 Å². The van der Waals surface area contributed by atoms with Crippen molar-refractivity contribution in [3.8, 4) is 11.5 Å². The Balaban J connectivity index is 1.61. The smallest absolute Gasteiger partial charge is 0.262 e. The molecular formula is C22H18ClFN2O4. The molecule has 0 aliphatic carbocycles. The lowest BCUT2D eigenvalue weighted by Crippen LogP contribution is -2.20. The van der Waals surface area contributed by atoms with Crippen LogP contribution in [0.4, 0.5) is 15.8 Å². The molecule has 0 atom stereocenters. The number of benzene rings is 3. The monoisotopic (exact) mass is 428 g/mol. The van der Waals surface area contributed by atoms with Gasteiger partial charge in [-0.15, -0.1) is 0 Å². The van der Waals surface area contributed by atoms with Crippen LogP contribution in [0.15, 0.2) is 66.7 Å². The Kier molecular flexibility index (Phi) is 6.87. The van der Waals surface area contributed by atoms with E-state index in [1.54, 1.807) is 42.5 Å². The largest absolute Gasteiger partial charge is 0.493 e. The van der Waals surface area contributed by atoms with Crippen LogP contribution in [0.25, 0.3) is 0 Å². The van der Waals surface area contributed by atoms with Gasteiger partial charge in [-0.05, 0) is 48.5 Å². The van der Waals surface area contributed by atoms with Crippen LogP contribution in [0, 0.1) is 5.82 Å². The highest BCUT2D eigenvalue weighted by Gasteiger charge is 2.11. The molecule has 0 saturated heterocycles. The molecule has 0 saturated carbocycles. The van der Waals surface area contributed by atoms with Gasteiger partial charge >= 0.3 is 0 Å². The molecule has 3 aromatic rings. The van der Waals surface area contributed by atoms with Crippen LogP contribution in [-0.2, 0) is 4.79 Å². The molecule has 0 aromatic heterocycles. The molecule has 0 fully saturated rings. The van der Waals surface area contributed by atoms with Crippen molar-refractivity contribution in [1.82, 2.24) is 0 Å². The third kappa shape index (κ3) is 5.48. The Morgan fingerprint density at radius 2 is 1.67 bits per heavy atom. The first-order valence-electron chi connectivity index (χ1n) is 8.88. The van der Waals surface area contributed by atoms with Crippen molar-refractivity contribution in [1.29, 1.82) is 0 Å². The zero-order chi connectivity index (χ0) is 21.5. The Morgan fingerprint density at radius 3 is 2.40 bits per heavy atom. The normalized spacial score (nSPS) is 10.2. The van der Waals surface area contributed by atoms with E-state index in [1.165, 1.54) is 25.3 Å². The van der Waals surface area contributed by atoms with Crippen molar-refractivity contribution in [2.75, 3.05) is 24.4 Å². The second kappa shape index (κ2) is 9.76. The summed E-state index contributed by atoms with van der Waals surface area (Å²) in [5.74, 6) is -0.441. The van der Waals surface area contributed by atoms with E-state index in [-0.39, 0.29) is 11.6 Å². The molecule has 30 heavy (non-hydrogen) atoms. The van der Waals surface area contributed by atoms with Crippen LogP contribution >= 0.6 is 11.6 Å². The summed E-state index contributed by atoms with van der Waals surface area (Å²) >= 11 is 5.73. The lowest BCUT2D eigenvalue weighted by atomic mass is 10.2. The molecule has 8 heteroatoms. The highest BCUT2D eigenvalue weighted by molar-refractivity contribution is 6.31. The van der Waals surface area contributed by atoms with Crippen LogP contribution in [0.3, 0.4) is 0 Å². The maximum Gasteiger partial charge on any atom is 0.262 e. The predicted octanol–water partition coefficient (Wildman–Crippen LogP) is 4.76. The molecule has 0 bridgehead atoms. The average molecular weight is 429 g/mol. The minimum atomic E-state index is -0.574. The number of rotatable bonds is 7. The van der Waals surface area contributed by atoms with E-state index in [0.29, 0.717) is 28.4 Å². The molecule has 3 rings (SSSR count). The van der Waals surface area contributed by atoms with E-state index < -0.39 is 17.6 Å². The molecule has 0 heterocycles. The Hall–Kier alpha value is -3.58. The Morgan fingerprint density at radius 1 is 0.933 bits per heavy atom. The second-order valence-corrected chi connectivity index (χ2v) is 6.56. The predicted molar refractivity (Wildman–Crippen MR) is 113 cm³/mol. The molecule has 3 aromatic carbocycles. The summed E-state index contributed by atoms with van der Waals surface area (Å²) in [6.45, 7) is -0.231. The van der Waals surface area contributed by atoms with Crippen molar-refractivity contribution >= 4 is 34.8 Å². The number of carbonyl (C=O) groups excluding carboxylic acids is 2. The summed E-state index contributed by atoms with van der Waals surface area (Å²) < 4.78 is 23.9. The number of nitrogens with one attached hydrogen (secondary N) is 2. The van der Waals surface area contributed by atoms with Gasteiger partial charge in [0.15, 0.2) is 18.1 Å². The van der Waals surface area contributed by atoms with Crippen molar-refractivity contribution in [3.63, 3.8) is 0 Å². The number of halogens is 2. The minimum absolute atomic E-state index is 0.0936. The molecule has 6 nitrogen and oxygen atoms in total. The molecule has 0 radical (unpaired) electrons. The van der Waals surface area contributed by atoms with Gasteiger partial charge in [0.05, 0.1) is 12.1 Å². The van der Waals surface area contributed by atoms with E-state index in [0.717, 1.165) is 6.07 Å². The molecule has 154 valence electrons. The first-order chi connectivity index (χ1) is 14.5. The molecule has 0 aliphatic rings. The maximum absolute atomic E-state index is 13.2. The third-order valence-corrected chi connectivity index (χ3v) is 4.30. The van der Waals surface area contributed by atoms with Gasteiger partial charge in [-0.3, -0.25) is 9.59 Å². The van der Waals surface area contributed by atoms with Crippen LogP contribution in [-0.4, -0.2) is 25.5 Å². The third-order valence-electron chi connectivity index (χ3n) is 4.01. The second-order valence-electron chi connectivity index (χ2n) is 6.15. The van der Waals surface area contributed by atoms with Gasteiger partial charge in [0.25, 0.3) is 11.8 Å². The average Bonchev–Trinajstić information content (AvgIpc) is 2.75. The van der Waals surface area contributed by atoms with Crippen LogP contribution in [0.5, 0.6) is 11.5 Å².